The largest absolute Gasteiger partial charge is 0.338 e. The van der Waals surface area contributed by atoms with E-state index in [-0.39, 0.29) is 18.0 Å². The van der Waals surface area contributed by atoms with Crippen LogP contribution in [0, 0.1) is 11.6 Å². The van der Waals surface area contributed by atoms with Crippen LogP contribution >= 0.6 is 0 Å². The molecular formula is C14H18F2N2O3S. The Morgan fingerprint density at radius 3 is 2.82 bits per heavy atom. The molecule has 0 aromatic heterocycles. The van der Waals surface area contributed by atoms with Crippen LogP contribution in [0.15, 0.2) is 18.2 Å². The zero-order chi connectivity index (χ0) is 16.3. The van der Waals surface area contributed by atoms with Gasteiger partial charge in [0, 0.05) is 12.6 Å². The van der Waals surface area contributed by atoms with Gasteiger partial charge >= 0.3 is 0 Å². The first kappa shape index (κ1) is 16.8. The molecule has 1 amide bonds. The van der Waals surface area contributed by atoms with Crippen LogP contribution in [0.4, 0.5) is 8.78 Å². The summed E-state index contributed by atoms with van der Waals surface area (Å²) in [5, 5.41) is 0. The third-order valence-electron chi connectivity index (χ3n) is 3.79. The minimum absolute atomic E-state index is 0.176. The van der Waals surface area contributed by atoms with Crippen LogP contribution in [-0.2, 0) is 21.2 Å². The maximum Gasteiger partial charge on any atom is 0.239 e. The minimum Gasteiger partial charge on any atom is -0.338 e. The van der Waals surface area contributed by atoms with Crippen molar-refractivity contribution in [1.82, 2.24) is 9.62 Å². The van der Waals surface area contributed by atoms with Crippen molar-refractivity contribution in [3.8, 4) is 0 Å². The van der Waals surface area contributed by atoms with Gasteiger partial charge in [0.15, 0.2) is 0 Å². The molecule has 1 aliphatic heterocycles. The van der Waals surface area contributed by atoms with Crippen LogP contribution in [-0.4, -0.2) is 44.6 Å². The lowest BCUT2D eigenvalue weighted by atomic mass is 10.0. The number of hydrogen-bond acceptors (Lipinski definition) is 3. The third-order valence-corrected chi connectivity index (χ3v) is 5.03. The standard InChI is InChI=1S/C14H18F2N2O3S/c1-17-22(20,21)9-14(19)18-6-2-3-12(18)8-10-7-11(15)4-5-13(10)16/h4-5,7,12,17H,2-3,6,8-9H2,1H3. The number of halogens is 2. The number of nitrogens with zero attached hydrogens (tertiary/aromatic N) is 1. The SMILES string of the molecule is CNS(=O)(=O)CC(=O)N1CCCC1Cc1cc(F)ccc1F. The van der Waals surface area contributed by atoms with E-state index in [4.69, 9.17) is 0 Å². The molecule has 0 saturated carbocycles. The average Bonchev–Trinajstić information content (AvgIpc) is 2.91. The van der Waals surface area contributed by atoms with Crippen LogP contribution in [0.2, 0.25) is 0 Å². The van der Waals surface area contributed by atoms with Crippen molar-refractivity contribution in [2.75, 3.05) is 19.3 Å². The number of hydrogen-bond donors (Lipinski definition) is 1. The Hall–Kier alpha value is -1.54. The Kier molecular flexibility index (Phi) is 5.12. The van der Waals surface area contributed by atoms with E-state index in [1.165, 1.54) is 11.9 Å². The molecule has 0 aliphatic carbocycles. The van der Waals surface area contributed by atoms with E-state index >= 15 is 0 Å². The summed E-state index contributed by atoms with van der Waals surface area (Å²) in [6.45, 7) is 0.430. The Bertz CT molecular complexity index is 664. The average molecular weight is 332 g/mol. The second-order valence-electron chi connectivity index (χ2n) is 5.29. The maximum atomic E-state index is 13.7. The van der Waals surface area contributed by atoms with Gasteiger partial charge in [-0.3, -0.25) is 4.79 Å². The summed E-state index contributed by atoms with van der Waals surface area (Å²) in [6.07, 6.45) is 1.53. The molecule has 0 spiro atoms. The lowest BCUT2D eigenvalue weighted by molar-refractivity contribution is -0.129. The zero-order valence-electron chi connectivity index (χ0n) is 12.2. The number of sulfonamides is 1. The number of amides is 1. The fourth-order valence-corrected chi connectivity index (χ4v) is 3.28. The van der Waals surface area contributed by atoms with Gasteiger partial charge in [0.25, 0.3) is 0 Å². The molecule has 1 N–H and O–H groups in total. The van der Waals surface area contributed by atoms with Crippen molar-refractivity contribution in [3.05, 3.63) is 35.4 Å². The number of carbonyl (C=O) groups excluding carboxylic acids is 1. The van der Waals surface area contributed by atoms with Crippen LogP contribution < -0.4 is 4.72 Å². The lowest BCUT2D eigenvalue weighted by Gasteiger charge is -2.25. The predicted molar refractivity (Wildman–Crippen MR) is 77.6 cm³/mol. The van der Waals surface area contributed by atoms with E-state index in [1.54, 1.807) is 0 Å². The molecule has 22 heavy (non-hydrogen) atoms. The van der Waals surface area contributed by atoms with E-state index in [9.17, 15) is 22.0 Å². The Morgan fingerprint density at radius 1 is 1.41 bits per heavy atom. The minimum atomic E-state index is -3.64. The predicted octanol–water partition coefficient (Wildman–Crippen LogP) is 1.05. The summed E-state index contributed by atoms with van der Waals surface area (Å²) in [5.41, 5.74) is 0.196. The van der Waals surface area contributed by atoms with E-state index in [0.29, 0.717) is 19.4 Å². The molecule has 1 atom stereocenters. The fourth-order valence-electron chi connectivity index (χ4n) is 2.65. The first-order valence-electron chi connectivity index (χ1n) is 6.97. The smallest absolute Gasteiger partial charge is 0.239 e. The Morgan fingerprint density at radius 2 is 2.14 bits per heavy atom. The van der Waals surface area contributed by atoms with Gasteiger partial charge in [-0.1, -0.05) is 0 Å². The van der Waals surface area contributed by atoms with E-state index < -0.39 is 33.3 Å². The second kappa shape index (κ2) is 6.70. The van der Waals surface area contributed by atoms with E-state index in [0.717, 1.165) is 18.2 Å². The summed E-state index contributed by atoms with van der Waals surface area (Å²) in [5.74, 6) is -2.21. The van der Waals surface area contributed by atoms with Crippen LogP contribution in [0.1, 0.15) is 18.4 Å². The van der Waals surface area contributed by atoms with E-state index in [1.807, 2.05) is 0 Å². The molecule has 0 bridgehead atoms. The quantitative estimate of drug-likeness (QED) is 0.876. The highest BCUT2D eigenvalue weighted by atomic mass is 32.2. The fraction of sp³-hybridized carbons (Fsp3) is 0.500. The van der Waals surface area contributed by atoms with Gasteiger partial charge in [0.2, 0.25) is 15.9 Å². The van der Waals surface area contributed by atoms with Crippen LogP contribution in [0.3, 0.4) is 0 Å². The number of nitrogens with one attached hydrogen (secondary N) is 1. The molecule has 1 aromatic rings. The van der Waals surface area contributed by atoms with Gasteiger partial charge in [-0.05, 0) is 50.1 Å². The van der Waals surface area contributed by atoms with Gasteiger partial charge in [-0.25, -0.2) is 21.9 Å². The molecule has 5 nitrogen and oxygen atoms in total. The molecule has 1 saturated heterocycles. The van der Waals surface area contributed by atoms with Crippen molar-refractivity contribution in [2.45, 2.75) is 25.3 Å². The van der Waals surface area contributed by atoms with Crippen molar-refractivity contribution in [3.63, 3.8) is 0 Å². The maximum absolute atomic E-state index is 13.7. The summed E-state index contributed by atoms with van der Waals surface area (Å²) < 4.78 is 51.9. The van der Waals surface area contributed by atoms with Gasteiger partial charge in [0.1, 0.15) is 17.4 Å². The normalized spacial score (nSPS) is 18.7. The summed E-state index contributed by atoms with van der Waals surface area (Å²) in [6, 6.07) is 2.89. The number of rotatable bonds is 5. The topological polar surface area (TPSA) is 66.5 Å². The molecule has 122 valence electrons. The number of benzene rings is 1. The van der Waals surface area contributed by atoms with E-state index in [2.05, 4.69) is 4.72 Å². The molecule has 8 heteroatoms. The first-order chi connectivity index (χ1) is 10.3. The van der Waals surface area contributed by atoms with Gasteiger partial charge in [-0.2, -0.15) is 0 Å². The highest BCUT2D eigenvalue weighted by molar-refractivity contribution is 7.90. The van der Waals surface area contributed by atoms with Crippen LogP contribution in [0.5, 0.6) is 0 Å². The molecule has 1 fully saturated rings. The summed E-state index contributed by atoms with van der Waals surface area (Å²) in [4.78, 5) is 13.6. The van der Waals surface area contributed by atoms with Gasteiger partial charge < -0.3 is 4.90 Å². The molecule has 1 heterocycles. The zero-order valence-corrected chi connectivity index (χ0v) is 13.0. The Labute approximate surface area is 128 Å². The molecule has 2 rings (SSSR count). The van der Waals surface area contributed by atoms with Gasteiger partial charge in [-0.15, -0.1) is 0 Å². The number of carbonyl (C=O) groups is 1. The second-order valence-corrected chi connectivity index (χ2v) is 7.21. The highest BCUT2D eigenvalue weighted by Gasteiger charge is 2.31. The third kappa shape index (κ3) is 4.01. The van der Waals surface area contributed by atoms with Crippen LogP contribution in [0.25, 0.3) is 0 Å². The van der Waals surface area contributed by atoms with Crippen molar-refractivity contribution in [2.24, 2.45) is 0 Å². The first-order valence-corrected chi connectivity index (χ1v) is 8.62. The lowest BCUT2D eigenvalue weighted by Crippen LogP contribution is -2.42. The number of likely N-dealkylation sites (tertiary alicyclic amines) is 1. The molecule has 1 aliphatic rings. The molecule has 1 unspecified atom stereocenters. The van der Waals surface area contributed by atoms with Crippen molar-refractivity contribution in [1.29, 1.82) is 0 Å². The molecule has 1 aromatic carbocycles. The monoisotopic (exact) mass is 332 g/mol. The highest BCUT2D eigenvalue weighted by Crippen LogP contribution is 2.23. The van der Waals surface area contributed by atoms with Gasteiger partial charge in [0.05, 0.1) is 0 Å². The summed E-state index contributed by atoms with van der Waals surface area (Å²) >= 11 is 0. The molecule has 0 radical (unpaired) electrons. The molecular weight excluding hydrogens is 314 g/mol. The Balaban J connectivity index is 2.10. The summed E-state index contributed by atoms with van der Waals surface area (Å²) in [7, 11) is -2.40. The van der Waals surface area contributed by atoms with Crippen molar-refractivity contribution < 1.29 is 22.0 Å². The van der Waals surface area contributed by atoms with Crippen molar-refractivity contribution >= 4 is 15.9 Å².